The maximum atomic E-state index is 13.9. The van der Waals surface area contributed by atoms with Crippen LogP contribution in [0.15, 0.2) is 24.3 Å². The van der Waals surface area contributed by atoms with Crippen LogP contribution >= 0.6 is 0 Å². The summed E-state index contributed by atoms with van der Waals surface area (Å²) >= 11 is 0. The van der Waals surface area contributed by atoms with Gasteiger partial charge in [0.05, 0.1) is 11.6 Å². The first kappa shape index (κ1) is 32.4. The molecule has 3 amide bonds. The van der Waals surface area contributed by atoms with Crippen molar-refractivity contribution in [3.05, 3.63) is 35.6 Å². The summed E-state index contributed by atoms with van der Waals surface area (Å²) in [6.07, 6.45) is 6.54. The number of likely N-dealkylation sites (tertiary alicyclic amines) is 1. The van der Waals surface area contributed by atoms with Crippen molar-refractivity contribution in [1.82, 2.24) is 14.7 Å². The molecule has 8 heteroatoms. The largest absolute Gasteiger partial charge is 0.326 e. The SMILES string of the molecule is CC.CCCCN(C(=O)N(C)C[C@H](N)C(=O)N1CCC[C@H]1C#N)C(CC)(CCCC)c1ccc(F)cc1. The molecule has 208 valence electrons. The molecule has 0 aliphatic carbocycles. The van der Waals surface area contributed by atoms with Crippen molar-refractivity contribution in [2.45, 2.75) is 104 Å². The minimum atomic E-state index is -0.900. The van der Waals surface area contributed by atoms with Crippen molar-refractivity contribution >= 4 is 11.9 Å². The monoisotopic (exact) mass is 517 g/mol. The van der Waals surface area contributed by atoms with Crippen molar-refractivity contribution in [2.75, 3.05) is 26.7 Å². The zero-order chi connectivity index (χ0) is 28.0. The van der Waals surface area contributed by atoms with Gasteiger partial charge in [0.15, 0.2) is 0 Å². The molecule has 0 saturated carbocycles. The Morgan fingerprint density at radius 3 is 2.35 bits per heavy atom. The van der Waals surface area contributed by atoms with Gasteiger partial charge >= 0.3 is 6.03 Å². The predicted octanol–water partition coefficient (Wildman–Crippen LogP) is 5.64. The molecule has 0 radical (unpaired) electrons. The van der Waals surface area contributed by atoms with Crippen LogP contribution in [0.25, 0.3) is 0 Å². The molecule has 1 aliphatic heterocycles. The maximum Gasteiger partial charge on any atom is 0.320 e. The number of halogens is 1. The number of rotatable bonds is 12. The summed E-state index contributed by atoms with van der Waals surface area (Å²) in [5.41, 5.74) is 6.58. The Morgan fingerprint density at radius 1 is 1.19 bits per heavy atom. The molecule has 2 N–H and O–H groups in total. The summed E-state index contributed by atoms with van der Waals surface area (Å²) in [7, 11) is 1.67. The first-order valence-electron chi connectivity index (χ1n) is 14.0. The fourth-order valence-electron chi connectivity index (χ4n) is 5.08. The van der Waals surface area contributed by atoms with Gasteiger partial charge in [-0.25, -0.2) is 9.18 Å². The fraction of sp³-hybridized carbons (Fsp3) is 0.690. The number of amides is 3. The zero-order valence-electron chi connectivity index (χ0n) is 23.8. The van der Waals surface area contributed by atoms with Gasteiger partial charge < -0.3 is 20.4 Å². The summed E-state index contributed by atoms with van der Waals surface area (Å²) < 4.78 is 13.8. The Balaban J connectivity index is 0.00000334. The molecule has 0 bridgehead atoms. The van der Waals surface area contributed by atoms with E-state index >= 15 is 0 Å². The number of nitriles is 1. The van der Waals surface area contributed by atoms with Gasteiger partial charge in [0.2, 0.25) is 5.91 Å². The number of carbonyl (C=O) groups is 2. The molecule has 2 rings (SSSR count). The molecule has 1 aromatic rings. The standard InChI is InChI=1S/C27H42FN5O2.C2H6/c1-5-8-16-27(7-3,21-12-14-22(28)15-13-21)33(18-9-6-2)26(35)31(4)20-24(30)25(34)32-17-10-11-23(32)19-29;1-2/h12-15,23-24H,5-11,16-18,20,30H2,1-4H3;1-2H3/t23-,24-,27?;/m0./s1. The summed E-state index contributed by atoms with van der Waals surface area (Å²) in [6.45, 7) is 11.4. The number of nitrogens with zero attached hydrogens (tertiary/aromatic N) is 4. The predicted molar refractivity (Wildman–Crippen MR) is 147 cm³/mol. The first-order chi connectivity index (χ1) is 17.7. The van der Waals surface area contributed by atoms with Crippen LogP contribution in [-0.2, 0) is 10.3 Å². The Morgan fingerprint density at radius 2 is 1.81 bits per heavy atom. The maximum absolute atomic E-state index is 13.9. The van der Waals surface area contributed by atoms with E-state index in [1.165, 1.54) is 21.9 Å². The third-order valence-corrected chi connectivity index (χ3v) is 7.19. The molecule has 1 aliphatic rings. The summed E-state index contributed by atoms with van der Waals surface area (Å²) in [6, 6.07) is 7.10. The molecule has 37 heavy (non-hydrogen) atoms. The number of nitrogens with two attached hydrogens (primary N) is 1. The van der Waals surface area contributed by atoms with Crippen LogP contribution in [0.4, 0.5) is 9.18 Å². The van der Waals surface area contributed by atoms with Gasteiger partial charge in [-0.05, 0) is 49.8 Å². The number of benzene rings is 1. The van der Waals surface area contributed by atoms with Crippen molar-refractivity contribution < 1.29 is 14.0 Å². The minimum Gasteiger partial charge on any atom is -0.326 e. The average molecular weight is 518 g/mol. The second-order valence-corrected chi connectivity index (χ2v) is 9.59. The molecule has 1 unspecified atom stereocenters. The number of hydrogen-bond donors (Lipinski definition) is 1. The number of hydrogen-bond acceptors (Lipinski definition) is 4. The van der Waals surface area contributed by atoms with E-state index in [2.05, 4.69) is 26.8 Å². The molecule has 0 aromatic heterocycles. The lowest BCUT2D eigenvalue weighted by molar-refractivity contribution is -0.132. The molecule has 1 saturated heterocycles. The third kappa shape index (κ3) is 8.16. The Labute approximate surface area is 223 Å². The van der Waals surface area contributed by atoms with Crippen LogP contribution < -0.4 is 5.73 Å². The van der Waals surface area contributed by atoms with E-state index in [0.29, 0.717) is 25.9 Å². The van der Waals surface area contributed by atoms with Gasteiger partial charge in [-0.15, -0.1) is 0 Å². The van der Waals surface area contributed by atoms with Crippen LogP contribution in [0.2, 0.25) is 0 Å². The van der Waals surface area contributed by atoms with Crippen LogP contribution in [-0.4, -0.2) is 65.4 Å². The second-order valence-electron chi connectivity index (χ2n) is 9.59. The van der Waals surface area contributed by atoms with E-state index in [4.69, 9.17) is 5.73 Å². The highest BCUT2D eigenvalue weighted by Crippen LogP contribution is 2.38. The molecule has 1 fully saturated rings. The van der Waals surface area contributed by atoms with E-state index in [1.54, 1.807) is 19.2 Å². The smallest absolute Gasteiger partial charge is 0.320 e. The highest BCUT2D eigenvalue weighted by molar-refractivity contribution is 5.84. The van der Waals surface area contributed by atoms with E-state index in [-0.39, 0.29) is 24.3 Å². The van der Waals surface area contributed by atoms with Gasteiger partial charge in [0, 0.05) is 26.7 Å². The van der Waals surface area contributed by atoms with Crippen molar-refractivity contribution in [3.8, 4) is 6.07 Å². The first-order valence-corrected chi connectivity index (χ1v) is 14.0. The van der Waals surface area contributed by atoms with Gasteiger partial charge in [-0.2, -0.15) is 5.26 Å². The lowest BCUT2D eigenvalue weighted by atomic mass is 9.80. The number of carbonyl (C=O) groups excluding carboxylic acids is 2. The molecular weight excluding hydrogens is 469 g/mol. The fourth-order valence-corrected chi connectivity index (χ4v) is 5.08. The zero-order valence-corrected chi connectivity index (χ0v) is 23.8. The summed E-state index contributed by atoms with van der Waals surface area (Å²) in [5.74, 6) is -0.597. The highest BCUT2D eigenvalue weighted by atomic mass is 19.1. The lowest BCUT2D eigenvalue weighted by Crippen LogP contribution is -2.57. The van der Waals surface area contributed by atoms with E-state index in [9.17, 15) is 19.2 Å². The van der Waals surface area contributed by atoms with Crippen molar-refractivity contribution in [3.63, 3.8) is 0 Å². The molecule has 1 aromatic carbocycles. The van der Waals surface area contributed by atoms with E-state index < -0.39 is 17.6 Å². The quantitative estimate of drug-likeness (QED) is 0.388. The summed E-state index contributed by atoms with van der Waals surface area (Å²) in [5, 5.41) is 9.33. The number of urea groups is 1. The van der Waals surface area contributed by atoms with E-state index in [1.807, 2.05) is 18.7 Å². The van der Waals surface area contributed by atoms with Crippen LogP contribution in [0, 0.1) is 17.1 Å². The van der Waals surface area contributed by atoms with Gasteiger partial charge in [-0.1, -0.05) is 66.0 Å². The topological polar surface area (TPSA) is 93.7 Å². The molecule has 3 atom stereocenters. The highest BCUT2D eigenvalue weighted by Gasteiger charge is 2.41. The molecule has 0 spiro atoms. The minimum absolute atomic E-state index is 0.0614. The Kier molecular flexibility index (Phi) is 14.2. The van der Waals surface area contributed by atoms with E-state index in [0.717, 1.165) is 44.1 Å². The van der Waals surface area contributed by atoms with Crippen LogP contribution in [0.5, 0.6) is 0 Å². The molecular formula is C29H48FN5O2. The number of unbranched alkanes of at least 4 members (excludes halogenated alkanes) is 2. The summed E-state index contributed by atoms with van der Waals surface area (Å²) in [4.78, 5) is 31.8. The van der Waals surface area contributed by atoms with Crippen molar-refractivity contribution in [2.24, 2.45) is 5.73 Å². The Bertz CT molecular complexity index is 872. The van der Waals surface area contributed by atoms with Gasteiger partial charge in [-0.3, -0.25) is 4.79 Å². The lowest BCUT2D eigenvalue weighted by Gasteiger charge is -2.46. The van der Waals surface area contributed by atoms with Gasteiger partial charge in [0.25, 0.3) is 0 Å². The van der Waals surface area contributed by atoms with Crippen molar-refractivity contribution in [1.29, 1.82) is 5.26 Å². The molecule has 1 heterocycles. The van der Waals surface area contributed by atoms with Gasteiger partial charge in [0.1, 0.15) is 17.9 Å². The number of likely N-dealkylation sites (N-methyl/N-ethyl adjacent to an activating group) is 1. The van der Waals surface area contributed by atoms with Crippen LogP contribution in [0.3, 0.4) is 0 Å². The van der Waals surface area contributed by atoms with Crippen LogP contribution in [0.1, 0.15) is 91.5 Å². The average Bonchev–Trinajstić information content (AvgIpc) is 3.40. The Hall–Kier alpha value is -2.66. The molecule has 7 nitrogen and oxygen atoms in total. The second kappa shape index (κ2) is 16.2. The normalized spacial score (nSPS) is 17.2. The third-order valence-electron chi connectivity index (χ3n) is 7.19.